The van der Waals surface area contributed by atoms with Crippen molar-refractivity contribution in [1.29, 1.82) is 0 Å². The Morgan fingerprint density at radius 1 is 1.07 bits per heavy atom. The third-order valence-electron chi connectivity index (χ3n) is 4.56. The van der Waals surface area contributed by atoms with E-state index in [4.69, 9.17) is 4.74 Å². The largest absolute Gasteiger partial charge is 0.465 e. The van der Waals surface area contributed by atoms with Gasteiger partial charge in [-0.05, 0) is 36.8 Å². The van der Waals surface area contributed by atoms with Crippen LogP contribution in [0.1, 0.15) is 27.9 Å². The minimum atomic E-state index is -0.479. The van der Waals surface area contributed by atoms with E-state index in [1.54, 1.807) is 29.2 Å². The molecule has 27 heavy (non-hydrogen) atoms. The van der Waals surface area contributed by atoms with Gasteiger partial charge in [-0.2, -0.15) is 0 Å². The van der Waals surface area contributed by atoms with E-state index in [0.717, 1.165) is 16.8 Å². The third kappa shape index (κ3) is 4.34. The molecule has 0 spiro atoms. The van der Waals surface area contributed by atoms with Crippen LogP contribution >= 0.6 is 0 Å². The fourth-order valence-corrected chi connectivity index (χ4v) is 2.97. The summed E-state index contributed by atoms with van der Waals surface area (Å²) in [6.45, 7) is 2.39. The summed E-state index contributed by atoms with van der Waals surface area (Å²) in [5.74, 6) is -1.37. The van der Waals surface area contributed by atoms with Gasteiger partial charge in [0.15, 0.2) is 0 Å². The topological polar surface area (TPSA) is 72.9 Å². The van der Waals surface area contributed by atoms with Gasteiger partial charge in [0.25, 0.3) is 0 Å². The van der Waals surface area contributed by atoms with Crippen LogP contribution in [0.3, 0.4) is 0 Å². The molecule has 2 aromatic carbocycles. The van der Waals surface area contributed by atoms with Crippen LogP contribution in [0.5, 0.6) is 0 Å². The molecule has 1 aliphatic heterocycles. The van der Waals surface area contributed by atoms with Crippen LogP contribution < -0.4 is 4.90 Å². The molecule has 0 N–H and O–H groups in total. The van der Waals surface area contributed by atoms with Crippen molar-refractivity contribution < 1.29 is 23.9 Å². The monoisotopic (exact) mass is 367 g/mol. The van der Waals surface area contributed by atoms with E-state index in [-0.39, 0.29) is 18.9 Å². The van der Waals surface area contributed by atoms with E-state index in [2.05, 4.69) is 4.74 Å². The summed E-state index contributed by atoms with van der Waals surface area (Å²) >= 11 is 0. The number of hydrogen-bond donors (Lipinski definition) is 0. The van der Waals surface area contributed by atoms with Crippen molar-refractivity contribution in [3.8, 4) is 0 Å². The number of carbonyl (C=O) groups is 3. The highest BCUT2D eigenvalue weighted by molar-refractivity contribution is 5.99. The van der Waals surface area contributed by atoms with E-state index in [0.29, 0.717) is 12.1 Å². The predicted molar refractivity (Wildman–Crippen MR) is 99.2 cm³/mol. The van der Waals surface area contributed by atoms with Gasteiger partial charge >= 0.3 is 11.9 Å². The Balaban J connectivity index is 1.56. The van der Waals surface area contributed by atoms with Crippen molar-refractivity contribution in [1.82, 2.24) is 0 Å². The second kappa shape index (κ2) is 8.03. The molecule has 0 unspecified atom stereocenters. The van der Waals surface area contributed by atoms with Gasteiger partial charge in [-0.15, -0.1) is 0 Å². The predicted octanol–water partition coefficient (Wildman–Crippen LogP) is 2.88. The van der Waals surface area contributed by atoms with Gasteiger partial charge < -0.3 is 14.4 Å². The molecule has 2 aromatic rings. The van der Waals surface area contributed by atoms with Crippen molar-refractivity contribution in [3.63, 3.8) is 0 Å². The summed E-state index contributed by atoms with van der Waals surface area (Å²) in [5, 5.41) is 0. The quantitative estimate of drug-likeness (QED) is 0.760. The molecule has 0 aliphatic carbocycles. The van der Waals surface area contributed by atoms with Crippen LogP contribution in [0, 0.1) is 12.8 Å². The maximum atomic E-state index is 12.3. The Labute approximate surface area is 157 Å². The number of rotatable bonds is 5. The Morgan fingerprint density at radius 2 is 1.74 bits per heavy atom. The number of hydrogen-bond acceptors (Lipinski definition) is 5. The Kier molecular flexibility index (Phi) is 5.54. The number of nitrogens with zero attached hydrogens (tertiary/aromatic N) is 1. The minimum Gasteiger partial charge on any atom is -0.465 e. The molecule has 6 heteroatoms. The number of benzene rings is 2. The standard InChI is InChI=1S/C21H21NO5/c1-14-3-9-18(10-4-14)22-12-17(11-19(22)23)21(25)27-13-15-5-7-16(8-6-15)20(24)26-2/h3-10,17H,11-13H2,1-2H3/t17-/m1/s1. The fourth-order valence-electron chi connectivity index (χ4n) is 2.97. The Morgan fingerprint density at radius 3 is 2.37 bits per heavy atom. The van der Waals surface area contributed by atoms with E-state index < -0.39 is 17.9 Å². The highest BCUT2D eigenvalue weighted by Crippen LogP contribution is 2.26. The summed E-state index contributed by atoms with van der Waals surface area (Å²) in [4.78, 5) is 37.6. The first kappa shape index (κ1) is 18.6. The maximum absolute atomic E-state index is 12.3. The third-order valence-corrected chi connectivity index (χ3v) is 4.56. The highest BCUT2D eigenvalue weighted by Gasteiger charge is 2.36. The van der Waals surface area contributed by atoms with Crippen LogP contribution in [0.25, 0.3) is 0 Å². The molecule has 140 valence electrons. The SMILES string of the molecule is COC(=O)c1ccc(COC(=O)[C@@H]2CC(=O)N(c3ccc(C)cc3)C2)cc1. The highest BCUT2D eigenvalue weighted by atomic mass is 16.5. The summed E-state index contributed by atoms with van der Waals surface area (Å²) in [6.07, 6.45) is 0.147. The molecular formula is C21H21NO5. The number of ether oxygens (including phenoxy) is 2. The molecule has 1 amide bonds. The molecule has 0 radical (unpaired) electrons. The lowest BCUT2D eigenvalue weighted by Gasteiger charge is -2.16. The molecule has 6 nitrogen and oxygen atoms in total. The van der Waals surface area contributed by atoms with E-state index in [1.807, 2.05) is 31.2 Å². The van der Waals surface area contributed by atoms with Gasteiger partial charge in [-0.1, -0.05) is 29.8 Å². The van der Waals surface area contributed by atoms with E-state index >= 15 is 0 Å². The van der Waals surface area contributed by atoms with Crippen molar-refractivity contribution in [2.45, 2.75) is 20.0 Å². The molecule has 1 saturated heterocycles. The maximum Gasteiger partial charge on any atom is 0.337 e. The molecule has 1 heterocycles. The molecule has 0 aromatic heterocycles. The molecule has 1 fully saturated rings. The van der Waals surface area contributed by atoms with Gasteiger partial charge in [0.2, 0.25) is 5.91 Å². The molecule has 1 aliphatic rings. The average Bonchev–Trinajstić information content (AvgIpc) is 3.08. The normalized spacial score (nSPS) is 16.3. The zero-order valence-corrected chi connectivity index (χ0v) is 15.3. The molecule has 3 rings (SSSR count). The van der Waals surface area contributed by atoms with Crippen molar-refractivity contribution in [3.05, 3.63) is 65.2 Å². The number of anilines is 1. The summed E-state index contributed by atoms with van der Waals surface area (Å²) in [5.41, 5.74) is 3.09. The Bertz CT molecular complexity index is 842. The first-order chi connectivity index (χ1) is 13.0. The van der Waals surface area contributed by atoms with Gasteiger partial charge in [0.1, 0.15) is 6.61 Å². The second-order valence-corrected chi connectivity index (χ2v) is 6.54. The summed E-state index contributed by atoms with van der Waals surface area (Å²) in [7, 11) is 1.32. The first-order valence-electron chi connectivity index (χ1n) is 8.69. The number of carbonyl (C=O) groups excluding carboxylic acids is 3. The van der Waals surface area contributed by atoms with Crippen LogP contribution in [0.2, 0.25) is 0 Å². The molecule has 0 bridgehead atoms. The van der Waals surface area contributed by atoms with Crippen LogP contribution in [-0.2, 0) is 25.7 Å². The lowest BCUT2D eigenvalue weighted by molar-refractivity contribution is -0.149. The van der Waals surface area contributed by atoms with Crippen LogP contribution in [0.4, 0.5) is 5.69 Å². The van der Waals surface area contributed by atoms with Gasteiger partial charge in [0, 0.05) is 18.7 Å². The zero-order chi connectivity index (χ0) is 19.4. The van der Waals surface area contributed by atoms with Gasteiger partial charge in [-0.3, -0.25) is 9.59 Å². The second-order valence-electron chi connectivity index (χ2n) is 6.54. The first-order valence-corrected chi connectivity index (χ1v) is 8.69. The fraction of sp³-hybridized carbons (Fsp3) is 0.286. The summed E-state index contributed by atoms with van der Waals surface area (Å²) in [6, 6.07) is 14.3. The number of methoxy groups -OCH3 is 1. The van der Waals surface area contributed by atoms with E-state index in [9.17, 15) is 14.4 Å². The number of aryl methyl sites for hydroxylation is 1. The lowest BCUT2D eigenvalue weighted by atomic mass is 10.1. The van der Waals surface area contributed by atoms with Crippen LogP contribution in [-0.4, -0.2) is 31.5 Å². The smallest absolute Gasteiger partial charge is 0.337 e. The number of amides is 1. The van der Waals surface area contributed by atoms with Crippen molar-refractivity contribution in [2.75, 3.05) is 18.6 Å². The lowest BCUT2D eigenvalue weighted by Crippen LogP contribution is -2.26. The molecule has 0 saturated carbocycles. The van der Waals surface area contributed by atoms with Crippen molar-refractivity contribution >= 4 is 23.5 Å². The van der Waals surface area contributed by atoms with Crippen molar-refractivity contribution in [2.24, 2.45) is 5.92 Å². The molecule has 1 atom stereocenters. The number of esters is 2. The zero-order valence-electron chi connectivity index (χ0n) is 15.3. The minimum absolute atomic E-state index is 0.0803. The Hall–Kier alpha value is -3.15. The average molecular weight is 367 g/mol. The van der Waals surface area contributed by atoms with Crippen LogP contribution in [0.15, 0.2) is 48.5 Å². The summed E-state index contributed by atoms with van der Waals surface area (Å²) < 4.78 is 10.0. The van der Waals surface area contributed by atoms with E-state index in [1.165, 1.54) is 7.11 Å². The molecular weight excluding hydrogens is 346 g/mol. The van der Waals surface area contributed by atoms with Gasteiger partial charge in [-0.25, -0.2) is 4.79 Å². The van der Waals surface area contributed by atoms with Gasteiger partial charge in [0.05, 0.1) is 18.6 Å².